The Hall–Kier alpha value is -2.76. The molecule has 0 aliphatic rings. The highest BCUT2D eigenvalue weighted by Crippen LogP contribution is 2.16. The highest BCUT2D eigenvalue weighted by atomic mass is 19.1. The average molecular weight is 402 g/mol. The first kappa shape index (κ1) is 22.5. The molecule has 2 rings (SSSR count). The smallest absolute Gasteiger partial charge is 0.243 e. The molecule has 2 atom stereocenters. The van der Waals surface area contributed by atoms with Gasteiger partial charge in [0.2, 0.25) is 11.8 Å². The molecule has 0 aliphatic heterocycles. The summed E-state index contributed by atoms with van der Waals surface area (Å²) in [7, 11) is 0. The van der Waals surface area contributed by atoms with Crippen molar-refractivity contribution in [2.45, 2.75) is 58.7 Å². The van der Waals surface area contributed by atoms with E-state index in [0.29, 0.717) is 12.0 Å². The summed E-state index contributed by atoms with van der Waals surface area (Å²) in [4.78, 5) is 27.4. The lowest BCUT2D eigenvalue weighted by molar-refractivity contribution is -0.141. The molecule has 29 heavy (non-hydrogen) atoms. The van der Waals surface area contributed by atoms with Crippen LogP contribution >= 0.6 is 0 Å². The van der Waals surface area contributed by atoms with Crippen LogP contribution in [0.1, 0.15) is 44.7 Å². The maximum atomic E-state index is 13.3. The van der Waals surface area contributed by atoms with Gasteiger partial charge in [-0.1, -0.05) is 38.1 Å². The van der Waals surface area contributed by atoms with Crippen LogP contribution in [0.5, 0.6) is 0 Å². The lowest BCUT2D eigenvalue weighted by Gasteiger charge is -2.31. The molecule has 0 saturated carbocycles. The normalized spacial score (nSPS) is 12.9. The molecule has 0 aliphatic carbocycles. The zero-order chi connectivity index (χ0) is 21.4. The summed E-state index contributed by atoms with van der Waals surface area (Å²) in [5, 5.41) is 2.94. The van der Waals surface area contributed by atoms with Crippen molar-refractivity contribution >= 4 is 11.8 Å². The third-order valence-corrected chi connectivity index (χ3v) is 4.92. The van der Waals surface area contributed by atoms with E-state index in [9.17, 15) is 18.4 Å². The maximum Gasteiger partial charge on any atom is 0.243 e. The summed E-state index contributed by atoms with van der Waals surface area (Å²) in [6.07, 6.45) is 1.27. The molecule has 2 aromatic carbocycles. The summed E-state index contributed by atoms with van der Waals surface area (Å²) in [5.41, 5.74) is 1.39. The monoisotopic (exact) mass is 402 g/mol. The van der Waals surface area contributed by atoms with E-state index in [0.717, 1.165) is 12.0 Å². The molecule has 0 bridgehead atoms. The molecule has 1 N–H and O–H groups in total. The second-order valence-electron chi connectivity index (χ2n) is 7.19. The van der Waals surface area contributed by atoms with Crippen LogP contribution < -0.4 is 5.32 Å². The molecule has 4 nitrogen and oxygen atoms in total. The lowest BCUT2D eigenvalue weighted by Crippen LogP contribution is -2.51. The number of rotatable bonds is 9. The Balaban J connectivity index is 2.26. The largest absolute Gasteiger partial charge is 0.352 e. The molecule has 0 spiro atoms. The minimum atomic E-state index is -0.651. The van der Waals surface area contributed by atoms with Gasteiger partial charge in [-0.2, -0.15) is 0 Å². The van der Waals surface area contributed by atoms with Crippen LogP contribution in [-0.4, -0.2) is 28.8 Å². The first-order valence-electron chi connectivity index (χ1n) is 9.92. The fourth-order valence-corrected chi connectivity index (χ4v) is 3.03. The van der Waals surface area contributed by atoms with E-state index in [1.54, 1.807) is 24.3 Å². The van der Waals surface area contributed by atoms with Crippen molar-refractivity contribution in [1.82, 2.24) is 10.2 Å². The van der Waals surface area contributed by atoms with Crippen molar-refractivity contribution in [3.8, 4) is 0 Å². The number of nitrogens with zero attached hydrogens (tertiary/aromatic N) is 1. The maximum absolute atomic E-state index is 13.3. The van der Waals surface area contributed by atoms with Gasteiger partial charge in [-0.05, 0) is 55.2 Å². The zero-order valence-corrected chi connectivity index (χ0v) is 17.1. The molecule has 0 radical (unpaired) electrons. The molecule has 0 heterocycles. The summed E-state index contributed by atoms with van der Waals surface area (Å²) < 4.78 is 26.4. The molecular weight excluding hydrogens is 374 g/mol. The first-order valence-corrected chi connectivity index (χ1v) is 9.92. The number of hydrogen-bond donors (Lipinski definition) is 1. The van der Waals surface area contributed by atoms with E-state index < -0.39 is 6.04 Å². The van der Waals surface area contributed by atoms with Gasteiger partial charge < -0.3 is 10.2 Å². The SMILES string of the molecule is CC[C@@H](C)NC(=O)[C@@H](CC)N(Cc1ccc(F)cc1)C(=O)Cc1ccc(F)cc1. The number of benzene rings is 2. The first-order chi connectivity index (χ1) is 13.8. The highest BCUT2D eigenvalue weighted by Gasteiger charge is 2.29. The van der Waals surface area contributed by atoms with E-state index in [1.165, 1.54) is 29.2 Å². The summed E-state index contributed by atoms with van der Waals surface area (Å²) in [5.74, 6) is -1.19. The molecular formula is C23H28F2N2O2. The predicted molar refractivity (Wildman–Crippen MR) is 109 cm³/mol. The molecule has 156 valence electrons. The topological polar surface area (TPSA) is 49.4 Å². The van der Waals surface area contributed by atoms with Crippen LogP contribution in [-0.2, 0) is 22.6 Å². The second-order valence-corrected chi connectivity index (χ2v) is 7.19. The Labute approximate surface area is 170 Å². The highest BCUT2D eigenvalue weighted by molar-refractivity contribution is 5.88. The Morgan fingerprint density at radius 2 is 1.41 bits per heavy atom. The number of carbonyl (C=O) groups is 2. The molecule has 2 aromatic rings. The van der Waals surface area contributed by atoms with E-state index in [4.69, 9.17) is 0 Å². The minimum absolute atomic E-state index is 0.00331. The van der Waals surface area contributed by atoms with Crippen LogP contribution in [0.4, 0.5) is 8.78 Å². The van der Waals surface area contributed by atoms with Crippen molar-refractivity contribution in [2.75, 3.05) is 0 Å². The van der Waals surface area contributed by atoms with Crippen LogP contribution in [0.2, 0.25) is 0 Å². The van der Waals surface area contributed by atoms with Gasteiger partial charge >= 0.3 is 0 Å². The molecule has 0 aromatic heterocycles. The fraction of sp³-hybridized carbons (Fsp3) is 0.391. The molecule has 0 fully saturated rings. The summed E-state index contributed by atoms with van der Waals surface area (Å²) in [6.45, 7) is 5.92. The van der Waals surface area contributed by atoms with Gasteiger partial charge in [0.25, 0.3) is 0 Å². The fourth-order valence-electron chi connectivity index (χ4n) is 3.03. The Morgan fingerprint density at radius 1 is 0.897 bits per heavy atom. The van der Waals surface area contributed by atoms with Crippen LogP contribution in [0, 0.1) is 11.6 Å². The van der Waals surface area contributed by atoms with Gasteiger partial charge in [0.15, 0.2) is 0 Å². The third kappa shape index (κ3) is 6.66. The molecule has 6 heteroatoms. The van der Waals surface area contributed by atoms with Crippen molar-refractivity contribution in [3.05, 3.63) is 71.3 Å². The van der Waals surface area contributed by atoms with Crippen molar-refractivity contribution < 1.29 is 18.4 Å². The number of hydrogen-bond acceptors (Lipinski definition) is 2. The molecule has 0 saturated heterocycles. The van der Waals surface area contributed by atoms with Crippen LogP contribution in [0.15, 0.2) is 48.5 Å². The number of halogens is 2. The van der Waals surface area contributed by atoms with Crippen molar-refractivity contribution in [2.24, 2.45) is 0 Å². The number of nitrogens with one attached hydrogen (secondary N) is 1. The third-order valence-electron chi connectivity index (χ3n) is 4.92. The van der Waals surface area contributed by atoms with Gasteiger partial charge in [0.05, 0.1) is 6.42 Å². The predicted octanol–water partition coefficient (Wildman–Crippen LogP) is 4.23. The standard InChI is InChI=1S/C23H28F2N2O2/c1-4-16(3)26-23(29)21(5-2)27(15-18-8-12-20(25)13-9-18)22(28)14-17-6-10-19(24)11-7-17/h6-13,16,21H,4-5,14-15H2,1-3H3,(H,26,29)/t16-,21-/m1/s1. The number of amides is 2. The lowest BCUT2D eigenvalue weighted by atomic mass is 10.1. The van der Waals surface area contributed by atoms with Gasteiger partial charge in [-0.25, -0.2) is 8.78 Å². The van der Waals surface area contributed by atoms with E-state index in [2.05, 4.69) is 5.32 Å². The zero-order valence-electron chi connectivity index (χ0n) is 17.1. The van der Waals surface area contributed by atoms with Gasteiger partial charge in [-0.15, -0.1) is 0 Å². The van der Waals surface area contributed by atoms with E-state index in [-0.39, 0.29) is 42.5 Å². The van der Waals surface area contributed by atoms with Gasteiger partial charge in [0, 0.05) is 12.6 Å². The van der Waals surface area contributed by atoms with Crippen LogP contribution in [0.3, 0.4) is 0 Å². The van der Waals surface area contributed by atoms with Crippen molar-refractivity contribution in [3.63, 3.8) is 0 Å². The average Bonchev–Trinajstić information content (AvgIpc) is 2.70. The molecule has 2 amide bonds. The summed E-state index contributed by atoms with van der Waals surface area (Å²) >= 11 is 0. The van der Waals surface area contributed by atoms with E-state index >= 15 is 0 Å². The van der Waals surface area contributed by atoms with E-state index in [1.807, 2.05) is 20.8 Å². The van der Waals surface area contributed by atoms with Crippen LogP contribution in [0.25, 0.3) is 0 Å². The van der Waals surface area contributed by atoms with Gasteiger partial charge in [0.1, 0.15) is 17.7 Å². The Kier molecular flexibility index (Phi) is 8.31. The minimum Gasteiger partial charge on any atom is -0.352 e. The Bertz CT molecular complexity index is 807. The quantitative estimate of drug-likeness (QED) is 0.682. The van der Waals surface area contributed by atoms with Gasteiger partial charge in [-0.3, -0.25) is 9.59 Å². The summed E-state index contributed by atoms with van der Waals surface area (Å²) in [6, 6.07) is 10.9. The van der Waals surface area contributed by atoms with Crippen molar-refractivity contribution in [1.29, 1.82) is 0 Å². The Morgan fingerprint density at radius 3 is 1.90 bits per heavy atom. The number of carbonyl (C=O) groups excluding carboxylic acids is 2. The molecule has 0 unspecified atom stereocenters. The second kappa shape index (κ2) is 10.7.